The normalized spacial score (nSPS) is 11.0. The topological polar surface area (TPSA) is 203 Å². The number of ether oxygens (including phenoxy) is 1. The van der Waals surface area contributed by atoms with E-state index >= 15 is 0 Å². The van der Waals surface area contributed by atoms with Gasteiger partial charge in [-0.25, -0.2) is 0 Å². The fourth-order valence-electron chi connectivity index (χ4n) is 1.85. The summed E-state index contributed by atoms with van der Waals surface area (Å²) in [6, 6.07) is 2.07. The van der Waals surface area contributed by atoms with Crippen LogP contribution in [-0.2, 0) is 16.1 Å². The number of aliphatic imine (C=N–C) groups is 1. The van der Waals surface area contributed by atoms with Gasteiger partial charge in [-0.1, -0.05) is 0 Å². The van der Waals surface area contributed by atoms with E-state index < -0.39 is 33.2 Å². The molecule has 0 saturated heterocycles. The molecule has 0 aromatic heterocycles. The van der Waals surface area contributed by atoms with E-state index in [0.29, 0.717) is 13.0 Å². The van der Waals surface area contributed by atoms with Crippen molar-refractivity contribution in [1.29, 1.82) is 0 Å². The van der Waals surface area contributed by atoms with Crippen molar-refractivity contribution in [1.82, 2.24) is 0 Å². The molecule has 1 aromatic rings. The molecular formula is C13H19ClN6O6. The van der Waals surface area contributed by atoms with Crippen molar-refractivity contribution in [2.45, 2.75) is 25.5 Å². The van der Waals surface area contributed by atoms with Crippen LogP contribution in [0.4, 0.5) is 11.4 Å². The zero-order chi connectivity index (χ0) is 19.0. The van der Waals surface area contributed by atoms with Crippen LogP contribution in [0.5, 0.6) is 0 Å². The quantitative estimate of drug-likeness (QED) is 0.132. The molecule has 0 radical (unpaired) electrons. The van der Waals surface area contributed by atoms with Crippen molar-refractivity contribution < 1.29 is 19.4 Å². The number of nitro groups is 2. The zero-order valence-corrected chi connectivity index (χ0v) is 14.4. The number of nitro benzene ring substituents is 2. The van der Waals surface area contributed by atoms with Crippen molar-refractivity contribution in [3.05, 3.63) is 44.0 Å². The summed E-state index contributed by atoms with van der Waals surface area (Å²) in [5, 5.41) is 21.6. The minimum absolute atomic E-state index is 0. The molecule has 1 aromatic carbocycles. The van der Waals surface area contributed by atoms with Crippen LogP contribution in [0.25, 0.3) is 0 Å². The number of rotatable bonds is 9. The fraction of sp³-hybridized carbons (Fsp3) is 0.385. The van der Waals surface area contributed by atoms with Crippen LogP contribution >= 0.6 is 12.4 Å². The molecule has 6 N–H and O–H groups in total. The first-order valence-electron chi connectivity index (χ1n) is 7.11. The number of nitrogens with zero attached hydrogens (tertiary/aromatic N) is 3. The molecule has 0 heterocycles. The maximum absolute atomic E-state index is 11.8. The number of nitrogens with two attached hydrogens (primary N) is 3. The minimum atomic E-state index is -0.928. The molecule has 0 bridgehead atoms. The predicted molar refractivity (Wildman–Crippen MR) is 94.7 cm³/mol. The molecule has 0 fully saturated rings. The van der Waals surface area contributed by atoms with Crippen molar-refractivity contribution in [3.63, 3.8) is 0 Å². The Balaban J connectivity index is 0.00000625. The van der Waals surface area contributed by atoms with Crippen molar-refractivity contribution in [2.75, 3.05) is 6.54 Å². The molecule has 0 aliphatic rings. The van der Waals surface area contributed by atoms with Crippen LogP contribution in [0.1, 0.15) is 18.4 Å². The van der Waals surface area contributed by atoms with Crippen LogP contribution in [-0.4, -0.2) is 34.4 Å². The fourth-order valence-corrected chi connectivity index (χ4v) is 1.85. The molecule has 144 valence electrons. The van der Waals surface area contributed by atoms with E-state index in [1.807, 2.05) is 0 Å². The lowest BCUT2D eigenvalue weighted by molar-refractivity contribution is -0.394. The summed E-state index contributed by atoms with van der Waals surface area (Å²) < 4.78 is 4.94. The van der Waals surface area contributed by atoms with Crippen molar-refractivity contribution in [3.8, 4) is 0 Å². The standard InChI is InChI=1S/C13H18N6O6.ClH/c14-11(2-1-3-17-13(15)16)12(20)25-7-8-4-9(18(21)22)6-10(5-8)19(23)24;/h4-6,11H,1-3,7,14H2,(H4,15,16,17);1H/t11-;/m0./s1. The summed E-state index contributed by atoms with van der Waals surface area (Å²) in [4.78, 5) is 35.6. The first kappa shape index (κ1) is 23.0. The maximum atomic E-state index is 11.8. The predicted octanol–water partition coefficient (Wildman–Crippen LogP) is 0.349. The van der Waals surface area contributed by atoms with E-state index in [0.717, 1.165) is 18.2 Å². The van der Waals surface area contributed by atoms with Gasteiger partial charge in [-0.15, -0.1) is 12.4 Å². The molecule has 0 unspecified atom stereocenters. The number of carbonyl (C=O) groups excluding carboxylic acids is 1. The molecule has 0 saturated carbocycles. The molecule has 0 spiro atoms. The van der Waals surface area contributed by atoms with E-state index in [2.05, 4.69) is 4.99 Å². The average molecular weight is 391 g/mol. The Bertz CT molecular complexity index is 661. The van der Waals surface area contributed by atoms with Crippen LogP contribution in [0.2, 0.25) is 0 Å². The van der Waals surface area contributed by atoms with Gasteiger partial charge in [-0.2, -0.15) is 0 Å². The SMILES string of the molecule is Cl.NC(N)=NCCC[C@H](N)C(=O)OCc1cc([N+](=O)[O-])cc([N+](=O)[O-])c1. The van der Waals surface area contributed by atoms with Crippen molar-refractivity contribution in [2.24, 2.45) is 22.2 Å². The van der Waals surface area contributed by atoms with Gasteiger partial charge in [0.1, 0.15) is 12.6 Å². The second-order valence-electron chi connectivity index (χ2n) is 5.03. The van der Waals surface area contributed by atoms with E-state index in [1.165, 1.54) is 0 Å². The highest BCUT2D eigenvalue weighted by Crippen LogP contribution is 2.23. The van der Waals surface area contributed by atoms with Gasteiger partial charge in [0, 0.05) is 24.2 Å². The Labute approximate surface area is 154 Å². The number of guanidine groups is 1. The number of non-ortho nitro benzene ring substituents is 2. The van der Waals surface area contributed by atoms with Crippen LogP contribution in [0, 0.1) is 20.2 Å². The number of esters is 1. The average Bonchev–Trinajstić information content (AvgIpc) is 2.55. The van der Waals surface area contributed by atoms with Gasteiger partial charge < -0.3 is 21.9 Å². The molecule has 1 atom stereocenters. The summed E-state index contributed by atoms with van der Waals surface area (Å²) in [6.07, 6.45) is 0.723. The molecule has 0 aliphatic heterocycles. The molecule has 0 amide bonds. The Morgan fingerprint density at radius 1 is 1.15 bits per heavy atom. The summed E-state index contributed by atoms with van der Waals surface area (Å²) in [5.74, 6) is -0.803. The van der Waals surface area contributed by atoms with Gasteiger partial charge in [0.05, 0.1) is 15.9 Å². The van der Waals surface area contributed by atoms with Gasteiger partial charge >= 0.3 is 5.97 Å². The van der Waals surface area contributed by atoms with Crippen molar-refractivity contribution >= 4 is 35.7 Å². The maximum Gasteiger partial charge on any atom is 0.323 e. The van der Waals surface area contributed by atoms with Crippen LogP contribution < -0.4 is 17.2 Å². The highest BCUT2D eigenvalue weighted by Gasteiger charge is 2.19. The molecular weight excluding hydrogens is 372 g/mol. The Morgan fingerprint density at radius 2 is 1.69 bits per heavy atom. The van der Waals surface area contributed by atoms with Gasteiger partial charge in [0.25, 0.3) is 11.4 Å². The number of carbonyl (C=O) groups is 1. The molecule has 12 nitrogen and oxygen atoms in total. The summed E-state index contributed by atoms with van der Waals surface area (Å²) in [7, 11) is 0. The lowest BCUT2D eigenvalue weighted by Gasteiger charge is -2.11. The zero-order valence-electron chi connectivity index (χ0n) is 13.6. The third kappa shape index (κ3) is 7.72. The molecule has 13 heteroatoms. The third-order valence-electron chi connectivity index (χ3n) is 3.04. The Morgan fingerprint density at radius 3 is 2.15 bits per heavy atom. The lowest BCUT2D eigenvalue weighted by Crippen LogP contribution is -2.32. The van der Waals surface area contributed by atoms with Gasteiger partial charge in [-0.3, -0.25) is 30.0 Å². The number of hydrogen-bond donors (Lipinski definition) is 3. The molecule has 26 heavy (non-hydrogen) atoms. The van der Waals surface area contributed by atoms with E-state index in [-0.39, 0.29) is 37.0 Å². The smallest absolute Gasteiger partial charge is 0.323 e. The molecule has 1 rings (SSSR count). The Hall–Kier alpha value is -2.99. The second kappa shape index (κ2) is 10.8. The first-order valence-corrected chi connectivity index (χ1v) is 7.11. The summed E-state index contributed by atoms with van der Waals surface area (Å²) >= 11 is 0. The van der Waals surface area contributed by atoms with Gasteiger partial charge in [-0.05, 0) is 12.8 Å². The highest BCUT2D eigenvalue weighted by atomic mass is 35.5. The number of halogens is 1. The second-order valence-corrected chi connectivity index (χ2v) is 5.03. The van der Waals surface area contributed by atoms with E-state index in [9.17, 15) is 25.0 Å². The van der Waals surface area contributed by atoms with Gasteiger partial charge in [0.15, 0.2) is 5.96 Å². The summed E-state index contributed by atoms with van der Waals surface area (Å²) in [6.45, 7) is -0.0661. The third-order valence-corrected chi connectivity index (χ3v) is 3.04. The molecule has 0 aliphatic carbocycles. The minimum Gasteiger partial charge on any atom is -0.460 e. The summed E-state index contributed by atoms with van der Waals surface area (Å²) in [5.41, 5.74) is 15.1. The monoisotopic (exact) mass is 390 g/mol. The van der Waals surface area contributed by atoms with Crippen LogP contribution in [0.15, 0.2) is 23.2 Å². The largest absolute Gasteiger partial charge is 0.460 e. The highest BCUT2D eigenvalue weighted by molar-refractivity contribution is 5.85. The van der Waals surface area contributed by atoms with Gasteiger partial charge in [0.2, 0.25) is 0 Å². The van der Waals surface area contributed by atoms with E-state index in [4.69, 9.17) is 21.9 Å². The number of benzene rings is 1. The van der Waals surface area contributed by atoms with E-state index in [1.54, 1.807) is 0 Å². The lowest BCUT2D eigenvalue weighted by atomic mass is 10.1. The Kier molecular flexibility index (Phi) is 9.55. The first-order chi connectivity index (χ1) is 11.7. The number of hydrogen-bond acceptors (Lipinski definition) is 8. The van der Waals surface area contributed by atoms with Crippen LogP contribution in [0.3, 0.4) is 0 Å².